The van der Waals surface area contributed by atoms with Gasteiger partial charge in [-0.25, -0.2) is 4.39 Å². The fourth-order valence-corrected chi connectivity index (χ4v) is 3.82. The Hall–Kier alpha value is -3.65. The number of hydrogen-bond donors (Lipinski definition) is 1. The highest BCUT2D eigenvalue weighted by atomic mass is 32.2. The van der Waals surface area contributed by atoms with Crippen LogP contribution in [-0.4, -0.2) is 33.5 Å². The molecule has 1 N–H and O–H groups in total. The van der Waals surface area contributed by atoms with E-state index in [1.54, 1.807) is 19.2 Å². The Labute approximate surface area is 183 Å². The lowest BCUT2D eigenvalue weighted by Crippen LogP contribution is -2.14. The van der Waals surface area contributed by atoms with Gasteiger partial charge in [0.25, 0.3) is 0 Å². The molecule has 0 aliphatic carbocycles. The number of thioether (sulfide) groups is 1. The summed E-state index contributed by atoms with van der Waals surface area (Å²) < 4.78 is 20.7. The molecule has 0 aliphatic rings. The Morgan fingerprint density at radius 1 is 1.03 bits per heavy atom. The molecule has 4 rings (SSSR count). The molecular formula is C23H19FN4O2S. The topological polar surface area (TPSA) is 69.0 Å². The maximum atomic E-state index is 13.3. The van der Waals surface area contributed by atoms with Crippen molar-refractivity contribution in [2.45, 2.75) is 5.16 Å². The summed E-state index contributed by atoms with van der Waals surface area (Å²) in [6.45, 7) is 0. The van der Waals surface area contributed by atoms with Gasteiger partial charge >= 0.3 is 0 Å². The predicted octanol–water partition coefficient (Wildman–Crippen LogP) is 4.81. The Morgan fingerprint density at radius 2 is 1.81 bits per heavy atom. The van der Waals surface area contributed by atoms with Gasteiger partial charge in [-0.3, -0.25) is 9.36 Å². The van der Waals surface area contributed by atoms with Crippen LogP contribution in [0.2, 0.25) is 0 Å². The summed E-state index contributed by atoms with van der Waals surface area (Å²) in [5.74, 6) is 0.699. The first kappa shape index (κ1) is 20.6. The van der Waals surface area contributed by atoms with Crippen LogP contribution in [0.3, 0.4) is 0 Å². The number of rotatable bonds is 7. The van der Waals surface area contributed by atoms with E-state index in [4.69, 9.17) is 4.74 Å². The molecule has 3 aromatic carbocycles. The molecule has 1 amide bonds. The molecule has 8 heteroatoms. The van der Waals surface area contributed by atoms with Crippen molar-refractivity contribution in [3.63, 3.8) is 0 Å². The van der Waals surface area contributed by atoms with Crippen molar-refractivity contribution < 1.29 is 13.9 Å². The molecule has 0 spiro atoms. The number of ether oxygens (including phenoxy) is 1. The lowest BCUT2D eigenvalue weighted by atomic mass is 10.2. The van der Waals surface area contributed by atoms with E-state index in [1.165, 1.54) is 23.9 Å². The SMILES string of the molecule is COc1ccccc1-c1nnc(SCC(=O)Nc2cccc(F)c2)n1-c1ccccc1. The van der Waals surface area contributed by atoms with E-state index in [0.29, 0.717) is 22.4 Å². The number of amides is 1. The fraction of sp³-hybridized carbons (Fsp3) is 0.0870. The van der Waals surface area contributed by atoms with Gasteiger partial charge in [0, 0.05) is 11.4 Å². The van der Waals surface area contributed by atoms with Gasteiger partial charge in [0.15, 0.2) is 11.0 Å². The lowest BCUT2D eigenvalue weighted by molar-refractivity contribution is -0.113. The zero-order valence-corrected chi connectivity index (χ0v) is 17.5. The van der Waals surface area contributed by atoms with Crippen LogP contribution < -0.4 is 10.1 Å². The van der Waals surface area contributed by atoms with Crippen molar-refractivity contribution in [1.82, 2.24) is 14.8 Å². The minimum atomic E-state index is -0.407. The summed E-state index contributed by atoms with van der Waals surface area (Å²) >= 11 is 1.25. The highest BCUT2D eigenvalue weighted by molar-refractivity contribution is 7.99. The number of benzene rings is 3. The van der Waals surface area contributed by atoms with Crippen LogP contribution in [0.15, 0.2) is 84.0 Å². The second-order valence-corrected chi connectivity index (χ2v) is 7.47. The highest BCUT2D eigenvalue weighted by Gasteiger charge is 2.19. The van der Waals surface area contributed by atoms with Crippen LogP contribution in [0.25, 0.3) is 17.1 Å². The normalized spacial score (nSPS) is 10.6. The van der Waals surface area contributed by atoms with Gasteiger partial charge in [-0.15, -0.1) is 10.2 Å². The van der Waals surface area contributed by atoms with Gasteiger partial charge in [-0.05, 0) is 42.5 Å². The van der Waals surface area contributed by atoms with E-state index < -0.39 is 5.82 Å². The molecule has 0 aliphatic heterocycles. The minimum Gasteiger partial charge on any atom is -0.496 e. The molecular weight excluding hydrogens is 415 g/mol. The first-order chi connectivity index (χ1) is 15.2. The van der Waals surface area contributed by atoms with Crippen LogP contribution in [0.5, 0.6) is 5.75 Å². The van der Waals surface area contributed by atoms with Gasteiger partial charge in [-0.1, -0.05) is 48.2 Å². The lowest BCUT2D eigenvalue weighted by Gasteiger charge is -2.12. The molecule has 1 heterocycles. The number of halogens is 1. The Balaban J connectivity index is 1.62. The number of carbonyl (C=O) groups excluding carboxylic acids is 1. The molecule has 31 heavy (non-hydrogen) atoms. The molecule has 156 valence electrons. The summed E-state index contributed by atoms with van der Waals surface area (Å²) in [6.07, 6.45) is 0. The quantitative estimate of drug-likeness (QED) is 0.423. The predicted molar refractivity (Wildman–Crippen MR) is 119 cm³/mol. The van der Waals surface area contributed by atoms with Gasteiger partial charge < -0.3 is 10.1 Å². The van der Waals surface area contributed by atoms with Gasteiger partial charge in [0.2, 0.25) is 5.91 Å². The van der Waals surface area contributed by atoms with E-state index in [9.17, 15) is 9.18 Å². The third-order valence-electron chi connectivity index (χ3n) is 4.44. The Bertz CT molecular complexity index is 1200. The number of nitrogens with one attached hydrogen (secondary N) is 1. The number of aromatic nitrogens is 3. The second-order valence-electron chi connectivity index (χ2n) is 6.52. The van der Waals surface area contributed by atoms with Crippen molar-refractivity contribution in [3.05, 3.63) is 84.7 Å². The summed E-state index contributed by atoms with van der Waals surface area (Å²) in [6, 6.07) is 23.0. The molecule has 0 unspecified atom stereocenters. The van der Waals surface area contributed by atoms with Crippen molar-refractivity contribution in [2.24, 2.45) is 0 Å². The number of para-hydroxylation sites is 2. The molecule has 0 saturated carbocycles. The zero-order valence-electron chi connectivity index (χ0n) is 16.7. The van der Waals surface area contributed by atoms with Crippen molar-refractivity contribution in [2.75, 3.05) is 18.2 Å². The van der Waals surface area contributed by atoms with Gasteiger partial charge in [0.1, 0.15) is 11.6 Å². The van der Waals surface area contributed by atoms with Crippen LogP contribution in [-0.2, 0) is 4.79 Å². The van der Waals surface area contributed by atoms with E-state index in [-0.39, 0.29) is 11.7 Å². The van der Waals surface area contributed by atoms with Gasteiger partial charge in [-0.2, -0.15) is 0 Å². The van der Waals surface area contributed by atoms with Crippen LogP contribution in [0.4, 0.5) is 10.1 Å². The smallest absolute Gasteiger partial charge is 0.234 e. The van der Waals surface area contributed by atoms with Crippen LogP contribution in [0.1, 0.15) is 0 Å². The summed E-state index contributed by atoms with van der Waals surface area (Å²) in [4.78, 5) is 12.4. The van der Waals surface area contributed by atoms with Crippen LogP contribution >= 0.6 is 11.8 Å². The van der Waals surface area contributed by atoms with E-state index in [0.717, 1.165) is 11.3 Å². The summed E-state index contributed by atoms with van der Waals surface area (Å²) in [7, 11) is 1.61. The van der Waals surface area contributed by atoms with E-state index in [1.807, 2.05) is 59.2 Å². The summed E-state index contributed by atoms with van der Waals surface area (Å²) in [5, 5.41) is 11.9. The zero-order chi connectivity index (χ0) is 21.6. The van der Waals surface area contributed by atoms with Crippen LogP contribution in [0, 0.1) is 5.82 Å². The maximum absolute atomic E-state index is 13.3. The summed E-state index contributed by atoms with van der Waals surface area (Å²) in [5.41, 5.74) is 2.06. The molecule has 0 atom stereocenters. The number of carbonyl (C=O) groups is 1. The first-order valence-electron chi connectivity index (χ1n) is 9.48. The number of methoxy groups -OCH3 is 1. The maximum Gasteiger partial charge on any atom is 0.234 e. The first-order valence-corrected chi connectivity index (χ1v) is 10.5. The van der Waals surface area contributed by atoms with Crippen molar-refractivity contribution >= 4 is 23.4 Å². The van der Waals surface area contributed by atoms with E-state index >= 15 is 0 Å². The van der Waals surface area contributed by atoms with Crippen molar-refractivity contribution in [1.29, 1.82) is 0 Å². The highest BCUT2D eigenvalue weighted by Crippen LogP contribution is 2.33. The molecule has 0 fully saturated rings. The fourth-order valence-electron chi connectivity index (χ4n) is 3.07. The largest absolute Gasteiger partial charge is 0.496 e. The minimum absolute atomic E-state index is 0.0907. The second kappa shape index (κ2) is 9.44. The van der Waals surface area contributed by atoms with Gasteiger partial charge in [0.05, 0.1) is 18.4 Å². The molecule has 0 bridgehead atoms. The third kappa shape index (κ3) is 4.75. The average Bonchev–Trinajstić information content (AvgIpc) is 3.22. The van der Waals surface area contributed by atoms with E-state index in [2.05, 4.69) is 15.5 Å². The third-order valence-corrected chi connectivity index (χ3v) is 5.37. The molecule has 1 aromatic heterocycles. The number of hydrogen-bond acceptors (Lipinski definition) is 5. The van der Waals surface area contributed by atoms with Crippen molar-refractivity contribution in [3.8, 4) is 22.8 Å². The number of anilines is 1. The Kier molecular flexibility index (Phi) is 6.28. The molecule has 0 radical (unpaired) electrons. The molecule has 4 aromatic rings. The average molecular weight is 434 g/mol. The molecule has 6 nitrogen and oxygen atoms in total. The monoisotopic (exact) mass is 434 g/mol. The number of nitrogens with zero attached hydrogens (tertiary/aromatic N) is 3. The molecule has 0 saturated heterocycles. The standard InChI is InChI=1S/C23H19FN4O2S/c1-30-20-13-6-5-12-19(20)22-26-27-23(28(22)18-10-3-2-4-11-18)31-15-21(29)25-17-9-7-8-16(24)14-17/h2-14H,15H2,1H3,(H,25,29). The Morgan fingerprint density at radius 3 is 2.58 bits per heavy atom.